The molecule has 2 heterocycles. The first-order valence-electron chi connectivity index (χ1n) is 9.30. The van der Waals surface area contributed by atoms with Gasteiger partial charge in [-0.05, 0) is 42.3 Å². The maximum absolute atomic E-state index is 4.43. The summed E-state index contributed by atoms with van der Waals surface area (Å²) in [7, 11) is 2.19. The van der Waals surface area contributed by atoms with Crippen molar-refractivity contribution in [3.8, 4) is 0 Å². The van der Waals surface area contributed by atoms with Crippen LogP contribution in [0.1, 0.15) is 43.3 Å². The van der Waals surface area contributed by atoms with Crippen LogP contribution in [0.4, 0.5) is 0 Å². The number of tetrazole rings is 1. The van der Waals surface area contributed by atoms with Crippen molar-refractivity contribution < 1.29 is 0 Å². The Balaban J connectivity index is 1.91. The van der Waals surface area contributed by atoms with Crippen LogP contribution >= 0.6 is 0 Å². The molecule has 2 aromatic rings. The third kappa shape index (κ3) is 4.44. The van der Waals surface area contributed by atoms with E-state index in [1.165, 1.54) is 11.1 Å². The standard InChI is InChI=1S/C19H30N6/c1-15(2)9-10-25-19(20-21-22-25)18(17-7-5-16(3)6-8-17)24-13-11-23(4)12-14-24/h5-8,15,18H,9-14H2,1-4H3/t18-/m1/s1. The summed E-state index contributed by atoms with van der Waals surface area (Å²) < 4.78 is 2.00. The lowest BCUT2D eigenvalue weighted by atomic mass is 10.0. The highest BCUT2D eigenvalue weighted by Gasteiger charge is 2.29. The summed E-state index contributed by atoms with van der Waals surface area (Å²) in [5.41, 5.74) is 2.55. The van der Waals surface area contributed by atoms with E-state index in [0.29, 0.717) is 5.92 Å². The molecule has 0 radical (unpaired) electrons. The molecule has 0 bridgehead atoms. The highest BCUT2D eigenvalue weighted by Crippen LogP contribution is 2.28. The molecule has 136 valence electrons. The van der Waals surface area contributed by atoms with E-state index in [2.05, 4.69) is 77.4 Å². The van der Waals surface area contributed by atoms with Gasteiger partial charge in [-0.15, -0.1) is 5.10 Å². The Hall–Kier alpha value is -1.79. The predicted octanol–water partition coefficient (Wildman–Crippen LogP) is 2.36. The molecule has 0 N–H and O–H groups in total. The number of benzene rings is 1. The number of rotatable bonds is 6. The zero-order valence-corrected chi connectivity index (χ0v) is 15.9. The zero-order chi connectivity index (χ0) is 17.8. The van der Waals surface area contributed by atoms with Crippen molar-refractivity contribution in [3.63, 3.8) is 0 Å². The van der Waals surface area contributed by atoms with Crippen molar-refractivity contribution >= 4 is 0 Å². The van der Waals surface area contributed by atoms with E-state index < -0.39 is 0 Å². The fraction of sp³-hybridized carbons (Fsp3) is 0.632. The molecule has 3 rings (SSSR count). The minimum absolute atomic E-state index is 0.122. The van der Waals surface area contributed by atoms with Crippen molar-refractivity contribution in [1.29, 1.82) is 0 Å². The van der Waals surface area contributed by atoms with Crippen LogP contribution in [0.15, 0.2) is 24.3 Å². The highest BCUT2D eigenvalue weighted by atomic mass is 15.6. The lowest BCUT2D eigenvalue weighted by molar-refractivity contribution is 0.121. The summed E-state index contributed by atoms with van der Waals surface area (Å²) in [6, 6.07) is 8.93. The lowest BCUT2D eigenvalue weighted by Gasteiger charge is -2.37. The molecule has 1 aliphatic rings. The van der Waals surface area contributed by atoms with Crippen LogP contribution in [0.3, 0.4) is 0 Å². The van der Waals surface area contributed by atoms with Gasteiger partial charge in [-0.2, -0.15) is 0 Å². The second-order valence-electron chi connectivity index (χ2n) is 7.60. The van der Waals surface area contributed by atoms with Crippen LogP contribution in [-0.4, -0.2) is 63.2 Å². The van der Waals surface area contributed by atoms with E-state index in [0.717, 1.165) is 45.0 Å². The fourth-order valence-electron chi connectivity index (χ4n) is 3.30. The number of hydrogen-bond acceptors (Lipinski definition) is 5. The smallest absolute Gasteiger partial charge is 0.173 e. The Bertz CT molecular complexity index is 655. The average Bonchev–Trinajstić information content (AvgIpc) is 3.05. The summed E-state index contributed by atoms with van der Waals surface area (Å²) in [6.07, 6.45) is 1.08. The Kier molecular flexibility index (Phi) is 5.81. The van der Waals surface area contributed by atoms with Gasteiger partial charge in [0, 0.05) is 32.7 Å². The van der Waals surface area contributed by atoms with Crippen LogP contribution in [0, 0.1) is 12.8 Å². The van der Waals surface area contributed by atoms with E-state index in [4.69, 9.17) is 0 Å². The Labute approximate surface area is 150 Å². The molecule has 1 aromatic carbocycles. The SMILES string of the molecule is Cc1ccc([C@H](c2nnnn2CCC(C)C)N2CCN(C)CC2)cc1. The van der Waals surface area contributed by atoms with Gasteiger partial charge < -0.3 is 4.90 Å². The number of aromatic nitrogens is 4. The lowest BCUT2D eigenvalue weighted by Crippen LogP contribution is -2.46. The molecule has 1 fully saturated rings. The molecule has 0 amide bonds. The monoisotopic (exact) mass is 342 g/mol. The average molecular weight is 342 g/mol. The van der Waals surface area contributed by atoms with Gasteiger partial charge in [0.2, 0.25) is 0 Å². The minimum atomic E-state index is 0.122. The van der Waals surface area contributed by atoms with E-state index >= 15 is 0 Å². The van der Waals surface area contributed by atoms with E-state index in [1.54, 1.807) is 0 Å². The molecule has 1 atom stereocenters. The van der Waals surface area contributed by atoms with Crippen molar-refractivity contribution in [1.82, 2.24) is 30.0 Å². The molecule has 0 saturated carbocycles. The van der Waals surface area contributed by atoms with E-state index in [9.17, 15) is 0 Å². The van der Waals surface area contributed by atoms with E-state index in [1.807, 2.05) is 4.68 Å². The van der Waals surface area contributed by atoms with Crippen molar-refractivity contribution in [2.75, 3.05) is 33.2 Å². The van der Waals surface area contributed by atoms with Crippen LogP contribution in [-0.2, 0) is 6.54 Å². The zero-order valence-electron chi connectivity index (χ0n) is 15.9. The van der Waals surface area contributed by atoms with Gasteiger partial charge in [0.25, 0.3) is 0 Å². The Morgan fingerprint density at radius 3 is 2.36 bits per heavy atom. The van der Waals surface area contributed by atoms with Crippen LogP contribution in [0.25, 0.3) is 0 Å². The van der Waals surface area contributed by atoms with Gasteiger partial charge >= 0.3 is 0 Å². The van der Waals surface area contributed by atoms with Gasteiger partial charge in [-0.1, -0.05) is 43.7 Å². The summed E-state index contributed by atoms with van der Waals surface area (Å²) in [4.78, 5) is 4.90. The molecule has 6 nitrogen and oxygen atoms in total. The molecule has 6 heteroatoms. The Morgan fingerprint density at radius 2 is 1.72 bits per heavy atom. The maximum atomic E-state index is 4.43. The summed E-state index contributed by atoms with van der Waals surface area (Å²) in [6.45, 7) is 11.7. The molecule has 1 saturated heterocycles. The molecule has 1 aliphatic heterocycles. The first-order chi connectivity index (χ1) is 12.0. The molecule has 0 unspecified atom stereocenters. The Morgan fingerprint density at radius 1 is 1.04 bits per heavy atom. The molecule has 1 aromatic heterocycles. The third-order valence-corrected chi connectivity index (χ3v) is 5.02. The van der Waals surface area contributed by atoms with Gasteiger partial charge in [0.1, 0.15) is 0 Å². The second-order valence-corrected chi connectivity index (χ2v) is 7.60. The van der Waals surface area contributed by atoms with Crippen LogP contribution < -0.4 is 0 Å². The van der Waals surface area contributed by atoms with Crippen molar-refractivity contribution in [2.45, 2.75) is 39.8 Å². The van der Waals surface area contributed by atoms with Crippen molar-refractivity contribution in [2.24, 2.45) is 5.92 Å². The summed E-state index contributed by atoms with van der Waals surface area (Å²) in [5, 5.41) is 12.7. The highest BCUT2D eigenvalue weighted by molar-refractivity contribution is 5.28. The number of piperazine rings is 1. The van der Waals surface area contributed by atoms with Gasteiger partial charge in [0.05, 0.1) is 6.04 Å². The number of aryl methyl sites for hydroxylation is 2. The first-order valence-corrected chi connectivity index (χ1v) is 9.30. The van der Waals surface area contributed by atoms with Gasteiger partial charge in [0.15, 0.2) is 5.82 Å². The number of likely N-dealkylation sites (N-methyl/N-ethyl adjacent to an activating group) is 1. The molecule has 0 aliphatic carbocycles. The van der Waals surface area contributed by atoms with Crippen LogP contribution in [0.2, 0.25) is 0 Å². The second kappa shape index (κ2) is 8.06. The first kappa shape index (κ1) is 18.0. The molecular formula is C19H30N6. The summed E-state index contributed by atoms with van der Waals surface area (Å²) >= 11 is 0. The van der Waals surface area contributed by atoms with E-state index in [-0.39, 0.29) is 6.04 Å². The van der Waals surface area contributed by atoms with Gasteiger partial charge in [-0.3, -0.25) is 4.90 Å². The molecule has 0 spiro atoms. The topological polar surface area (TPSA) is 50.1 Å². The molecular weight excluding hydrogens is 312 g/mol. The largest absolute Gasteiger partial charge is 0.304 e. The summed E-state index contributed by atoms with van der Waals surface area (Å²) in [5.74, 6) is 1.60. The quantitative estimate of drug-likeness (QED) is 0.807. The fourth-order valence-corrected chi connectivity index (χ4v) is 3.30. The normalized spacial score (nSPS) is 18.0. The minimum Gasteiger partial charge on any atom is -0.304 e. The molecule has 25 heavy (non-hydrogen) atoms. The third-order valence-electron chi connectivity index (χ3n) is 5.02. The van der Waals surface area contributed by atoms with Gasteiger partial charge in [-0.25, -0.2) is 4.68 Å². The maximum Gasteiger partial charge on any atom is 0.173 e. The predicted molar refractivity (Wildman–Crippen MR) is 99.4 cm³/mol. The number of nitrogens with zero attached hydrogens (tertiary/aromatic N) is 6. The van der Waals surface area contributed by atoms with Crippen LogP contribution in [0.5, 0.6) is 0 Å². The van der Waals surface area contributed by atoms with Crippen molar-refractivity contribution in [3.05, 3.63) is 41.2 Å². The number of hydrogen-bond donors (Lipinski definition) is 0.